The quantitative estimate of drug-likeness (QED) is 0.350. The Morgan fingerprint density at radius 1 is 1.24 bits per heavy atom. The fourth-order valence-corrected chi connectivity index (χ4v) is 4.33. The number of benzene rings is 1. The number of carbonyl (C=O) groups excluding carboxylic acids is 2. The van der Waals surface area contributed by atoms with E-state index in [0.717, 1.165) is 38.1 Å². The van der Waals surface area contributed by atoms with Gasteiger partial charge in [-0.25, -0.2) is 4.79 Å². The average molecular weight is 463 g/mol. The number of halogens is 3. The number of ether oxygens (including phenoxy) is 2. The van der Waals surface area contributed by atoms with Crippen LogP contribution in [0.25, 0.3) is 4.85 Å². The summed E-state index contributed by atoms with van der Waals surface area (Å²) >= 11 is 0. The molecule has 176 valence electrons. The Labute approximate surface area is 189 Å². The van der Waals surface area contributed by atoms with Gasteiger partial charge < -0.3 is 14.3 Å². The summed E-state index contributed by atoms with van der Waals surface area (Å²) in [5.41, 5.74) is 0.573. The zero-order valence-corrected chi connectivity index (χ0v) is 18.3. The largest absolute Gasteiger partial charge is 0.466 e. The number of nitrogens with zero attached hydrogens (tertiary/aromatic N) is 3. The van der Waals surface area contributed by atoms with Crippen LogP contribution in [0, 0.1) is 6.57 Å². The van der Waals surface area contributed by atoms with Crippen molar-refractivity contribution in [1.29, 1.82) is 0 Å². The minimum Gasteiger partial charge on any atom is -0.466 e. The number of likely N-dealkylation sites (N-methyl/N-ethyl adjacent to an activating group) is 1. The van der Waals surface area contributed by atoms with Crippen molar-refractivity contribution in [3.05, 3.63) is 69.5 Å². The fourth-order valence-electron chi connectivity index (χ4n) is 4.33. The molecule has 0 spiro atoms. The minimum atomic E-state index is -4.52. The first kappa shape index (κ1) is 24.3. The van der Waals surface area contributed by atoms with Crippen LogP contribution in [-0.4, -0.2) is 62.6 Å². The molecule has 0 aliphatic carbocycles. The number of hydrogen-bond donors (Lipinski definition) is 0. The Hall–Kier alpha value is -3.32. The van der Waals surface area contributed by atoms with Gasteiger partial charge >= 0.3 is 12.1 Å². The highest BCUT2D eigenvalue weighted by molar-refractivity contribution is 5.93. The Morgan fingerprint density at radius 2 is 1.88 bits per heavy atom. The second-order valence-electron chi connectivity index (χ2n) is 7.81. The summed E-state index contributed by atoms with van der Waals surface area (Å²) in [5.74, 6) is -1.41. The van der Waals surface area contributed by atoms with Crippen LogP contribution in [0.1, 0.15) is 29.9 Å². The van der Waals surface area contributed by atoms with Crippen molar-refractivity contribution in [2.24, 2.45) is 0 Å². The third kappa shape index (κ3) is 5.03. The molecule has 1 atom stereocenters. The van der Waals surface area contributed by atoms with E-state index in [2.05, 4.69) is 9.74 Å². The van der Waals surface area contributed by atoms with E-state index in [-0.39, 0.29) is 24.5 Å². The minimum absolute atomic E-state index is 0.156. The van der Waals surface area contributed by atoms with Crippen LogP contribution < -0.4 is 0 Å². The molecule has 1 aromatic rings. The molecule has 1 fully saturated rings. The third-order valence-corrected chi connectivity index (χ3v) is 5.92. The van der Waals surface area contributed by atoms with Crippen molar-refractivity contribution in [3.8, 4) is 0 Å². The molecule has 0 saturated carbocycles. The molecule has 33 heavy (non-hydrogen) atoms. The molecule has 2 aliphatic rings. The SMILES string of the molecule is [C-]#[N+]C1=C(COC=O)C(c2ccc(C(F)(F)F)cc2)C(C(=O)OC)=C(CN2CCCC2)N1C. The normalized spacial score (nSPS) is 19.5. The van der Waals surface area contributed by atoms with E-state index >= 15 is 0 Å². The Balaban J connectivity index is 2.20. The maximum atomic E-state index is 13.1. The van der Waals surface area contributed by atoms with Crippen molar-refractivity contribution in [2.75, 3.05) is 40.4 Å². The second kappa shape index (κ2) is 10.1. The van der Waals surface area contributed by atoms with E-state index in [0.29, 0.717) is 23.4 Å². The number of carbonyl (C=O) groups is 2. The van der Waals surface area contributed by atoms with E-state index < -0.39 is 23.6 Å². The van der Waals surface area contributed by atoms with E-state index in [1.165, 1.54) is 19.2 Å². The van der Waals surface area contributed by atoms with Gasteiger partial charge in [-0.1, -0.05) is 18.7 Å². The molecule has 10 heteroatoms. The highest BCUT2D eigenvalue weighted by Crippen LogP contribution is 2.43. The number of likely N-dealkylation sites (tertiary alicyclic amines) is 1. The van der Waals surface area contributed by atoms with Gasteiger partial charge in [0, 0.05) is 11.5 Å². The molecule has 0 amide bonds. The van der Waals surface area contributed by atoms with Gasteiger partial charge in [0.2, 0.25) is 5.82 Å². The van der Waals surface area contributed by atoms with Crippen LogP contribution in [0.4, 0.5) is 13.2 Å². The Kier molecular flexibility index (Phi) is 7.43. The number of methoxy groups -OCH3 is 1. The van der Waals surface area contributed by atoms with Gasteiger partial charge in [-0.15, -0.1) is 0 Å². The number of rotatable bonds is 7. The molecule has 2 aliphatic heterocycles. The van der Waals surface area contributed by atoms with Crippen molar-refractivity contribution in [1.82, 2.24) is 9.80 Å². The molecule has 0 aromatic heterocycles. The molecule has 2 heterocycles. The highest BCUT2D eigenvalue weighted by atomic mass is 19.4. The van der Waals surface area contributed by atoms with Gasteiger partial charge in [-0.3, -0.25) is 14.6 Å². The molecular formula is C23H24F3N3O4. The first-order valence-electron chi connectivity index (χ1n) is 10.3. The van der Waals surface area contributed by atoms with Crippen LogP contribution in [0.3, 0.4) is 0 Å². The molecule has 1 saturated heterocycles. The summed E-state index contributed by atoms with van der Waals surface area (Å²) in [6.07, 6.45) is -2.50. The zero-order valence-electron chi connectivity index (χ0n) is 18.3. The van der Waals surface area contributed by atoms with Crippen LogP contribution in [0.2, 0.25) is 0 Å². The lowest BCUT2D eigenvalue weighted by molar-refractivity contribution is -0.138. The van der Waals surface area contributed by atoms with Gasteiger partial charge in [0.25, 0.3) is 6.47 Å². The van der Waals surface area contributed by atoms with Gasteiger partial charge in [0.15, 0.2) is 0 Å². The van der Waals surface area contributed by atoms with Crippen molar-refractivity contribution in [3.63, 3.8) is 0 Å². The van der Waals surface area contributed by atoms with Gasteiger partial charge in [0.05, 0.1) is 31.8 Å². The molecule has 7 nitrogen and oxygen atoms in total. The maximum Gasteiger partial charge on any atom is 0.416 e. The average Bonchev–Trinajstić information content (AvgIpc) is 3.31. The zero-order chi connectivity index (χ0) is 24.2. The highest BCUT2D eigenvalue weighted by Gasteiger charge is 2.41. The summed E-state index contributed by atoms with van der Waals surface area (Å²) in [6.45, 7) is 9.69. The lowest BCUT2D eigenvalue weighted by atomic mass is 9.80. The van der Waals surface area contributed by atoms with E-state index in [4.69, 9.17) is 16.0 Å². The molecule has 0 bridgehead atoms. The molecule has 0 radical (unpaired) electrons. The van der Waals surface area contributed by atoms with Gasteiger partial charge in [-0.05, 0) is 43.6 Å². The summed E-state index contributed by atoms with van der Waals surface area (Å²) < 4.78 is 49.3. The van der Waals surface area contributed by atoms with E-state index in [9.17, 15) is 22.8 Å². The third-order valence-electron chi connectivity index (χ3n) is 5.92. The summed E-state index contributed by atoms with van der Waals surface area (Å²) in [6, 6.07) is 4.41. The predicted molar refractivity (Wildman–Crippen MR) is 112 cm³/mol. The van der Waals surface area contributed by atoms with E-state index in [1.54, 1.807) is 11.9 Å². The smallest absolute Gasteiger partial charge is 0.416 e. The van der Waals surface area contributed by atoms with Crippen molar-refractivity contribution < 1.29 is 32.2 Å². The molecular weight excluding hydrogens is 439 g/mol. The standard InChI is InChI=1S/C23H24F3N3O4/c1-27-21-17(13-33-14-30)19(15-6-8-16(9-7-15)23(24,25)26)20(22(31)32-3)18(28(21)2)12-29-10-4-5-11-29/h6-9,14,19H,4-5,10-13H2,2-3H3. The Morgan fingerprint density at radius 3 is 2.39 bits per heavy atom. The summed E-state index contributed by atoms with van der Waals surface area (Å²) in [4.78, 5) is 31.3. The van der Waals surface area contributed by atoms with Crippen molar-refractivity contribution >= 4 is 12.4 Å². The molecule has 1 aromatic carbocycles. The first-order valence-corrected chi connectivity index (χ1v) is 10.3. The van der Waals surface area contributed by atoms with Crippen LogP contribution in [0.15, 0.2) is 46.9 Å². The summed E-state index contributed by atoms with van der Waals surface area (Å²) in [7, 11) is 2.87. The number of esters is 1. The maximum absolute atomic E-state index is 13.1. The second-order valence-corrected chi connectivity index (χ2v) is 7.81. The first-order chi connectivity index (χ1) is 15.7. The molecule has 3 rings (SSSR count). The number of hydrogen-bond acceptors (Lipinski definition) is 6. The lowest BCUT2D eigenvalue weighted by Crippen LogP contribution is -2.37. The van der Waals surface area contributed by atoms with Crippen LogP contribution in [-0.2, 0) is 25.2 Å². The number of alkyl halides is 3. The Bertz CT molecular complexity index is 1000. The van der Waals surface area contributed by atoms with Crippen molar-refractivity contribution in [2.45, 2.75) is 24.9 Å². The monoisotopic (exact) mass is 463 g/mol. The predicted octanol–water partition coefficient (Wildman–Crippen LogP) is 3.56. The van der Waals surface area contributed by atoms with Crippen LogP contribution in [0.5, 0.6) is 0 Å². The van der Waals surface area contributed by atoms with E-state index in [1.807, 2.05) is 0 Å². The molecule has 0 N–H and O–H groups in total. The lowest BCUT2D eigenvalue weighted by Gasteiger charge is -2.36. The van der Waals surface area contributed by atoms with Gasteiger partial charge in [-0.2, -0.15) is 13.2 Å². The molecule has 1 unspecified atom stereocenters. The van der Waals surface area contributed by atoms with Crippen LogP contribution >= 0.6 is 0 Å². The fraction of sp³-hybridized carbons (Fsp3) is 0.435. The topological polar surface area (TPSA) is 63.4 Å². The summed E-state index contributed by atoms with van der Waals surface area (Å²) in [5, 5.41) is 0. The van der Waals surface area contributed by atoms with Gasteiger partial charge in [0.1, 0.15) is 12.3 Å².